The highest BCUT2D eigenvalue weighted by atomic mass is 16.6. The minimum absolute atomic E-state index is 0.0866. The molecule has 1 atom stereocenters. The van der Waals surface area contributed by atoms with Crippen molar-refractivity contribution in [2.45, 2.75) is 284 Å². The fourth-order valence-electron chi connectivity index (χ4n) is 7.69. The van der Waals surface area contributed by atoms with Crippen LogP contribution in [0.3, 0.4) is 0 Å². The van der Waals surface area contributed by atoms with Crippen molar-refractivity contribution in [3.05, 3.63) is 36.5 Å². The maximum absolute atomic E-state index is 12.7. The zero-order valence-electron chi connectivity index (χ0n) is 40.5. The molecule has 5 nitrogen and oxygen atoms in total. The van der Waals surface area contributed by atoms with Crippen molar-refractivity contribution in [3.8, 4) is 0 Å². The lowest BCUT2D eigenvalue weighted by Gasteiger charge is -2.18. The second-order valence-corrected chi connectivity index (χ2v) is 17.8. The molecule has 0 amide bonds. The van der Waals surface area contributed by atoms with Crippen LogP contribution < -0.4 is 0 Å². The van der Waals surface area contributed by atoms with Crippen LogP contribution in [-0.2, 0) is 23.8 Å². The molecule has 5 heteroatoms. The molecule has 0 fully saturated rings. The van der Waals surface area contributed by atoms with E-state index >= 15 is 0 Å². The number of carbonyl (C=O) groups excluding carboxylic acids is 2. The molecule has 1 unspecified atom stereocenters. The Balaban J connectivity index is 4.08. The van der Waals surface area contributed by atoms with Crippen molar-refractivity contribution in [1.82, 2.24) is 0 Å². The molecule has 0 aliphatic rings. The standard InChI is InChI=1S/C55H102O5/c1-4-7-10-13-16-18-20-22-24-26-27-28-30-32-34-36-38-41-44-47-50-58-51-53(60-55(57)49-46-43-39-15-12-9-6-3)52-59-54(56)48-45-42-40-37-35-33-31-29-25-23-21-19-17-14-11-8-5-2/h16,18,22,24,27-28,53H,4-15,17,19-21,23,25-26,29-52H2,1-3H3/b18-16-,24-22-,28-27-. The molecule has 352 valence electrons. The highest BCUT2D eigenvalue weighted by molar-refractivity contribution is 5.70. The van der Waals surface area contributed by atoms with Gasteiger partial charge in [0, 0.05) is 19.4 Å². The summed E-state index contributed by atoms with van der Waals surface area (Å²) in [6.07, 6.45) is 61.7. The van der Waals surface area contributed by atoms with E-state index in [2.05, 4.69) is 57.2 Å². The van der Waals surface area contributed by atoms with Gasteiger partial charge in [0.15, 0.2) is 6.10 Å². The van der Waals surface area contributed by atoms with Crippen LogP contribution in [0.2, 0.25) is 0 Å². The fraction of sp³-hybridized carbons (Fsp3) is 0.855. The van der Waals surface area contributed by atoms with E-state index in [4.69, 9.17) is 14.2 Å². The van der Waals surface area contributed by atoms with Gasteiger partial charge in [-0.25, -0.2) is 0 Å². The number of esters is 2. The average molecular weight is 843 g/mol. The Morgan fingerprint density at radius 2 is 0.700 bits per heavy atom. The minimum atomic E-state index is -0.533. The third kappa shape index (κ3) is 48.8. The van der Waals surface area contributed by atoms with Crippen LogP contribution in [0.15, 0.2) is 36.5 Å². The number of unbranched alkanes of at least 4 members (excludes halogenated alkanes) is 32. The second-order valence-electron chi connectivity index (χ2n) is 17.8. The molecule has 0 radical (unpaired) electrons. The molecule has 0 rings (SSSR count). The Labute approximate surface area is 374 Å². The Morgan fingerprint density at radius 1 is 0.367 bits per heavy atom. The molecule has 0 N–H and O–H groups in total. The molecule has 60 heavy (non-hydrogen) atoms. The maximum Gasteiger partial charge on any atom is 0.306 e. The monoisotopic (exact) mass is 843 g/mol. The number of carbonyl (C=O) groups is 2. The number of hydrogen-bond acceptors (Lipinski definition) is 5. The Kier molecular flexibility index (Phi) is 49.9. The summed E-state index contributed by atoms with van der Waals surface area (Å²) in [6, 6.07) is 0. The van der Waals surface area contributed by atoms with E-state index < -0.39 is 6.10 Å². The van der Waals surface area contributed by atoms with E-state index in [1.54, 1.807) is 0 Å². The summed E-state index contributed by atoms with van der Waals surface area (Å²) in [6.45, 7) is 7.79. The van der Waals surface area contributed by atoms with E-state index in [0.717, 1.165) is 51.4 Å². The van der Waals surface area contributed by atoms with Gasteiger partial charge in [0.25, 0.3) is 0 Å². The zero-order valence-corrected chi connectivity index (χ0v) is 40.5. The van der Waals surface area contributed by atoms with Crippen molar-refractivity contribution >= 4 is 11.9 Å². The van der Waals surface area contributed by atoms with Gasteiger partial charge in [0.05, 0.1) is 6.61 Å². The van der Waals surface area contributed by atoms with E-state index in [9.17, 15) is 9.59 Å². The van der Waals surface area contributed by atoms with Crippen molar-refractivity contribution in [1.29, 1.82) is 0 Å². The summed E-state index contributed by atoms with van der Waals surface area (Å²) in [4.78, 5) is 25.2. The van der Waals surface area contributed by atoms with Crippen molar-refractivity contribution in [3.63, 3.8) is 0 Å². The predicted molar refractivity (Wildman–Crippen MR) is 261 cm³/mol. The molecule has 0 aromatic carbocycles. The molecule has 0 saturated carbocycles. The van der Waals surface area contributed by atoms with Gasteiger partial charge in [-0.2, -0.15) is 0 Å². The molecule has 0 bridgehead atoms. The van der Waals surface area contributed by atoms with Crippen LogP contribution in [0, 0.1) is 0 Å². The molecule has 0 saturated heterocycles. The average Bonchev–Trinajstić information content (AvgIpc) is 3.25. The van der Waals surface area contributed by atoms with Gasteiger partial charge in [-0.15, -0.1) is 0 Å². The summed E-state index contributed by atoms with van der Waals surface area (Å²) < 4.78 is 17.3. The normalized spacial score (nSPS) is 12.4. The smallest absolute Gasteiger partial charge is 0.306 e. The summed E-state index contributed by atoms with van der Waals surface area (Å²) in [5.41, 5.74) is 0. The largest absolute Gasteiger partial charge is 0.462 e. The topological polar surface area (TPSA) is 61.8 Å². The molecule has 0 aliphatic carbocycles. The Morgan fingerprint density at radius 3 is 1.15 bits per heavy atom. The maximum atomic E-state index is 12.7. The number of ether oxygens (including phenoxy) is 3. The first-order valence-corrected chi connectivity index (χ1v) is 26.5. The van der Waals surface area contributed by atoms with E-state index in [0.29, 0.717) is 19.4 Å². The number of hydrogen-bond donors (Lipinski definition) is 0. The molecule has 0 aromatic heterocycles. The van der Waals surface area contributed by atoms with Gasteiger partial charge >= 0.3 is 11.9 Å². The van der Waals surface area contributed by atoms with Crippen LogP contribution in [0.5, 0.6) is 0 Å². The van der Waals surface area contributed by atoms with Crippen LogP contribution in [0.1, 0.15) is 278 Å². The van der Waals surface area contributed by atoms with Crippen molar-refractivity contribution < 1.29 is 23.8 Å². The number of rotatable bonds is 49. The fourth-order valence-corrected chi connectivity index (χ4v) is 7.69. The van der Waals surface area contributed by atoms with Crippen molar-refractivity contribution in [2.75, 3.05) is 19.8 Å². The molecule has 0 spiro atoms. The first-order chi connectivity index (χ1) is 29.6. The predicted octanol–water partition coefficient (Wildman–Crippen LogP) is 17.8. The molecule has 0 heterocycles. The Hall–Kier alpha value is -1.88. The minimum Gasteiger partial charge on any atom is -0.462 e. The highest BCUT2D eigenvalue weighted by Gasteiger charge is 2.17. The van der Waals surface area contributed by atoms with E-state index in [1.807, 2.05) is 0 Å². The number of allylic oxidation sites excluding steroid dienone is 6. The molecular formula is C55H102O5. The van der Waals surface area contributed by atoms with Gasteiger partial charge < -0.3 is 14.2 Å². The first-order valence-electron chi connectivity index (χ1n) is 26.5. The van der Waals surface area contributed by atoms with Gasteiger partial charge in [0.1, 0.15) is 6.61 Å². The third-order valence-electron chi connectivity index (χ3n) is 11.7. The third-order valence-corrected chi connectivity index (χ3v) is 11.7. The Bertz CT molecular complexity index is 955. The zero-order chi connectivity index (χ0) is 43.5. The molecular weight excluding hydrogens is 741 g/mol. The lowest BCUT2D eigenvalue weighted by molar-refractivity contribution is -0.163. The molecule has 0 aromatic rings. The van der Waals surface area contributed by atoms with Gasteiger partial charge in [-0.05, 0) is 57.8 Å². The summed E-state index contributed by atoms with van der Waals surface area (Å²) in [5.74, 6) is -0.394. The van der Waals surface area contributed by atoms with Crippen molar-refractivity contribution in [2.24, 2.45) is 0 Å². The van der Waals surface area contributed by atoms with Gasteiger partial charge in [-0.3, -0.25) is 9.59 Å². The van der Waals surface area contributed by atoms with Gasteiger partial charge in [0.2, 0.25) is 0 Å². The molecule has 0 aliphatic heterocycles. The quantitative estimate of drug-likeness (QED) is 0.0347. The summed E-state index contributed by atoms with van der Waals surface area (Å²) >= 11 is 0. The van der Waals surface area contributed by atoms with Crippen LogP contribution >= 0.6 is 0 Å². The summed E-state index contributed by atoms with van der Waals surface area (Å²) in [5, 5.41) is 0. The van der Waals surface area contributed by atoms with Crippen LogP contribution in [-0.4, -0.2) is 37.9 Å². The van der Waals surface area contributed by atoms with Crippen LogP contribution in [0.25, 0.3) is 0 Å². The van der Waals surface area contributed by atoms with Gasteiger partial charge in [-0.1, -0.05) is 243 Å². The summed E-state index contributed by atoms with van der Waals surface area (Å²) in [7, 11) is 0. The van der Waals surface area contributed by atoms with Crippen LogP contribution in [0.4, 0.5) is 0 Å². The lowest BCUT2D eigenvalue weighted by atomic mass is 10.0. The SMILES string of the molecule is CCCCC/C=C\C/C=C\C/C=C\CCCCCCCCCOCC(COC(=O)CCCCCCCCCCCCCCCCCCC)OC(=O)CCCCCCCCC. The second kappa shape index (κ2) is 51.5. The highest BCUT2D eigenvalue weighted by Crippen LogP contribution is 2.16. The van der Waals surface area contributed by atoms with E-state index in [1.165, 1.54) is 193 Å². The lowest BCUT2D eigenvalue weighted by Crippen LogP contribution is -2.30. The van der Waals surface area contributed by atoms with E-state index in [-0.39, 0.29) is 25.2 Å². The first kappa shape index (κ1) is 58.1.